The van der Waals surface area contributed by atoms with Gasteiger partial charge in [-0.1, -0.05) is 5.16 Å². The van der Waals surface area contributed by atoms with Gasteiger partial charge in [-0.05, 0) is 12.8 Å². The summed E-state index contributed by atoms with van der Waals surface area (Å²) in [5.41, 5.74) is 0.578. The van der Waals surface area contributed by atoms with Crippen molar-refractivity contribution in [1.82, 2.24) is 0 Å². The zero-order valence-corrected chi connectivity index (χ0v) is 5.91. The summed E-state index contributed by atoms with van der Waals surface area (Å²) in [4.78, 5) is 0. The molecule has 1 fully saturated rings. The lowest BCUT2D eigenvalue weighted by Crippen LogP contribution is -2.31. The Kier molecular flexibility index (Phi) is 2.65. The van der Waals surface area contributed by atoms with Gasteiger partial charge in [-0.25, -0.2) is 0 Å². The first-order chi connectivity index (χ1) is 4.88. The molecule has 0 aromatic rings. The van der Waals surface area contributed by atoms with Gasteiger partial charge in [0.25, 0.3) is 0 Å². The minimum absolute atomic E-state index is 0.432. The minimum atomic E-state index is -0.432. The molecule has 0 aromatic carbocycles. The Labute approximate surface area is 59.4 Å². The maximum Gasteiger partial charge on any atom is 0.200 e. The number of ether oxygens (including phenoxy) is 2. The molecule has 1 atom stereocenters. The maximum absolute atomic E-state index is 8.42. The van der Waals surface area contributed by atoms with Gasteiger partial charge in [-0.2, -0.15) is 0 Å². The number of methoxy groups -OCH3 is 1. The van der Waals surface area contributed by atoms with E-state index in [9.17, 15) is 0 Å². The minimum Gasteiger partial charge on any atom is -0.411 e. The highest BCUT2D eigenvalue weighted by Gasteiger charge is 2.20. The molecule has 58 valence electrons. The van der Waals surface area contributed by atoms with Gasteiger partial charge in [-0.15, -0.1) is 0 Å². The van der Waals surface area contributed by atoms with Gasteiger partial charge < -0.3 is 14.7 Å². The smallest absolute Gasteiger partial charge is 0.200 e. The number of oxime groups is 1. The number of hydrogen-bond acceptors (Lipinski definition) is 4. The molecule has 0 amide bonds. The van der Waals surface area contributed by atoms with Crippen molar-refractivity contribution in [2.45, 2.75) is 19.1 Å². The van der Waals surface area contributed by atoms with Crippen molar-refractivity contribution >= 4 is 5.71 Å². The molecule has 4 heteroatoms. The fourth-order valence-electron chi connectivity index (χ4n) is 0.959. The molecule has 1 aliphatic heterocycles. The molecule has 10 heavy (non-hydrogen) atoms. The Balaban J connectivity index is 2.50. The molecule has 0 bridgehead atoms. The van der Waals surface area contributed by atoms with Crippen LogP contribution < -0.4 is 0 Å². The molecular weight excluding hydrogens is 134 g/mol. The Morgan fingerprint density at radius 3 is 3.10 bits per heavy atom. The van der Waals surface area contributed by atoms with Crippen molar-refractivity contribution in [2.75, 3.05) is 13.7 Å². The van der Waals surface area contributed by atoms with Crippen molar-refractivity contribution in [2.24, 2.45) is 5.16 Å². The zero-order valence-electron chi connectivity index (χ0n) is 5.91. The highest BCUT2D eigenvalue weighted by molar-refractivity contribution is 5.87. The second-order valence-corrected chi connectivity index (χ2v) is 2.13. The fourth-order valence-corrected chi connectivity index (χ4v) is 0.959. The van der Waals surface area contributed by atoms with Crippen LogP contribution in [0.1, 0.15) is 12.8 Å². The summed E-state index contributed by atoms with van der Waals surface area (Å²) in [5, 5.41) is 11.5. The van der Waals surface area contributed by atoms with Crippen LogP contribution in [-0.2, 0) is 9.47 Å². The number of nitrogens with zero attached hydrogens (tertiary/aromatic N) is 1. The lowest BCUT2D eigenvalue weighted by Gasteiger charge is -2.21. The van der Waals surface area contributed by atoms with Gasteiger partial charge >= 0.3 is 0 Å². The Hall–Kier alpha value is -0.610. The maximum atomic E-state index is 8.42. The summed E-state index contributed by atoms with van der Waals surface area (Å²) in [7, 11) is 1.53. The van der Waals surface area contributed by atoms with E-state index in [0.717, 1.165) is 12.8 Å². The van der Waals surface area contributed by atoms with Gasteiger partial charge in [0.1, 0.15) is 5.71 Å². The van der Waals surface area contributed by atoms with E-state index in [2.05, 4.69) is 5.16 Å². The molecule has 1 aliphatic rings. The summed E-state index contributed by atoms with van der Waals surface area (Å²) in [5.74, 6) is 0. The molecule has 0 saturated carbocycles. The molecule has 0 radical (unpaired) electrons. The molecule has 0 aliphatic carbocycles. The van der Waals surface area contributed by atoms with E-state index in [4.69, 9.17) is 14.7 Å². The Morgan fingerprint density at radius 1 is 1.80 bits per heavy atom. The summed E-state index contributed by atoms with van der Waals surface area (Å²) >= 11 is 0. The molecule has 1 rings (SSSR count). The Bertz CT molecular complexity index is 135. The summed E-state index contributed by atoms with van der Waals surface area (Å²) in [6.45, 7) is 0.678. The molecule has 4 nitrogen and oxygen atoms in total. The van der Waals surface area contributed by atoms with Crippen LogP contribution in [-0.4, -0.2) is 30.9 Å². The van der Waals surface area contributed by atoms with Gasteiger partial charge in [-0.3, -0.25) is 0 Å². The van der Waals surface area contributed by atoms with E-state index < -0.39 is 6.29 Å². The van der Waals surface area contributed by atoms with Crippen LogP contribution in [0.15, 0.2) is 5.16 Å². The van der Waals surface area contributed by atoms with Crippen LogP contribution in [0.2, 0.25) is 0 Å². The third-order valence-electron chi connectivity index (χ3n) is 1.46. The van der Waals surface area contributed by atoms with Crippen LogP contribution in [0.4, 0.5) is 0 Å². The average molecular weight is 145 g/mol. The third-order valence-corrected chi connectivity index (χ3v) is 1.46. The summed E-state index contributed by atoms with van der Waals surface area (Å²) in [6, 6.07) is 0. The quantitative estimate of drug-likeness (QED) is 0.434. The highest BCUT2D eigenvalue weighted by Crippen LogP contribution is 2.10. The van der Waals surface area contributed by atoms with Crippen molar-refractivity contribution < 1.29 is 14.7 Å². The topological polar surface area (TPSA) is 51.0 Å². The summed E-state index contributed by atoms with van der Waals surface area (Å²) in [6.07, 6.45) is 1.23. The van der Waals surface area contributed by atoms with Crippen LogP contribution >= 0.6 is 0 Å². The Morgan fingerprint density at radius 2 is 2.60 bits per heavy atom. The van der Waals surface area contributed by atoms with Crippen molar-refractivity contribution in [3.8, 4) is 0 Å². The van der Waals surface area contributed by atoms with E-state index in [0.29, 0.717) is 12.3 Å². The first-order valence-electron chi connectivity index (χ1n) is 3.23. The van der Waals surface area contributed by atoms with Crippen molar-refractivity contribution in [3.05, 3.63) is 0 Å². The van der Waals surface area contributed by atoms with Gasteiger partial charge in [0.15, 0.2) is 6.29 Å². The normalized spacial score (nSPS) is 30.9. The third kappa shape index (κ3) is 1.46. The predicted octanol–water partition coefficient (Wildman–Crippen LogP) is 0.599. The largest absolute Gasteiger partial charge is 0.411 e. The number of hydrogen-bond donors (Lipinski definition) is 1. The predicted molar refractivity (Wildman–Crippen MR) is 35.2 cm³/mol. The molecule has 0 spiro atoms. The van der Waals surface area contributed by atoms with Crippen LogP contribution in [0.5, 0.6) is 0 Å². The van der Waals surface area contributed by atoms with E-state index in [-0.39, 0.29) is 0 Å². The number of rotatable bonds is 1. The second kappa shape index (κ2) is 3.53. The lowest BCUT2D eigenvalue weighted by molar-refractivity contribution is -0.0884. The van der Waals surface area contributed by atoms with Gasteiger partial charge in [0.05, 0.1) is 6.61 Å². The average Bonchev–Trinajstić information content (AvgIpc) is 2.04. The molecule has 0 aromatic heterocycles. The monoisotopic (exact) mass is 145 g/mol. The van der Waals surface area contributed by atoms with E-state index in [1.54, 1.807) is 0 Å². The van der Waals surface area contributed by atoms with E-state index in [1.165, 1.54) is 7.11 Å². The second-order valence-electron chi connectivity index (χ2n) is 2.13. The first kappa shape index (κ1) is 7.50. The molecular formula is C6H11NO3. The SMILES string of the molecule is COC1OCCC/C1=N/O. The zero-order chi connectivity index (χ0) is 7.40. The van der Waals surface area contributed by atoms with Gasteiger partial charge in [0, 0.05) is 7.11 Å². The molecule has 1 heterocycles. The van der Waals surface area contributed by atoms with Crippen molar-refractivity contribution in [1.29, 1.82) is 0 Å². The standard InChI is InChI=1S/C6H11NO3/c1-9-6-5(7-8)3-2-4-10-6/h6,8H,2-4H2,1H3/b7-5-. The molecule has 1 unspecified atom stereocenters. The fraction of sp³-hybridized carbons (Fsp3) is 0.833. The van der Waals surface area contributed by atoms with Crippen LogP contribution in [0.25, 0.3) is 0 Å². The first-order valence-corrected chi connectivity index (χ1v) is 3.23. The summed E-state index contributed by atoms with van der Waals surface area (Å²) < 4.78 is 10.00. The highest BCUT2D eigenvalue weighted by atomic mass is 16.7. The van der Waals surface area contributed by atoms with E-state index >= 15 is 0 Å². The van der Waals surface area contributed by atoms with Crippen LogP contribution in [0.3, 0.4) is 0 Å². The molecule has 1 N–H and O–H groups in total. The van der Waals surface area contributed by atoms with Crippen LogP contribution in [0, 0.1) is 0 Å². The van der Waals surface area contributed by atoms with Gasteiger partial charge in [0.2, 0.25) is 0 Å². The van der Waals surface area contributed by atoms with E-state index in [1.807, 2.05) is 0 Å². The molecule has 1 saturated heterocycles. The van der Waals surface area contributed by atoms with Crippen molar-refractivity contribution in [3.63, 3.8) is 0 Å². The lowest BCUT2D eigenvalue weighted by atomic mass is 10.2.